The number of nitrogens with zero attached hydrogens (tertiary/aromatic N) is 2. The first-order chi connectivity index (χ1) is 9.15. The zero-order valence-corrected chi connectivity index (χ0v) is 12.7. The van der Waals surface area contributed by atoms with Crippen LogP contribution in [0.15, 0.2) is 0 Å². The third kappa shape index (κ3) is 4.15. The highest BCUT2D eigenvalue weighted by Crippen LogP contribution is 2.18. The van der Waals surface area contributed by atoms with Crippen LogP contribution >= 0.6 is 0 Å². The highest BCUT2D eigenvalue weighted by molar-refractivity contribution is 7.87. The number of carbonyl (C=O) groups excluding carboxylic acids is 1. The van der Waals surface area contributed by atoms with Crippen LogP contribution in [0.1, 0.15) is 19.8 Å². The molecule has 1 heterocycles. The van der Waals surface area contributed by atoms with Crippen LogP contribution in [0.2, 0.25) is 0 Å². The number of carboxylic acids is 1. The van der Waals surface area contributed by atoms with E-state index in [4.69, 9.17) is 5.11 Å². The van der Waals surface area contributed by atoms with Crippen molar-refractivity contribution in [2.75, 3.05) is 27.2 Å². The van der Waals surface area contributed by atoms with E-state index in [1.165, 1.54) is 25.9 Å². The minimum absolute atomic E-state index is 0.0620. The molecule has 1 amide bonds. The highest BCUT2D eigenvalue weighted by Gasteiger charge is 2.33. The van der Waals surface area contributed by atoms with E-state index in [0.717, 1.165) is 4.31 Å². The zero-order valence-electron chi connectivity index (χ0n) is 11.9. The molecule has 1 fully saturated rings. The Hall–Kier alpha value is -1.19. The molecule has 2 unspecified atom stereocenters. The highest BCUT2D eigenvalue weighted by atomic mass is 32.2. The van der Waals surface area contributed by atoms with E-state index in [1.54, 1.807) is 0 Å². The van der Waals surface area contributed by atoms with Gasteiger partial charge in [0.1, 0.15) is 0 Å². The molecule has 1 rings (SSSR count). The van der Waals surface area contributed by atoms with Crippen molar-refractivity contribution in [2.24, 2.45) is 5.92 Å². The number of hydrogen-bond donors (Lipinski definition) is 2. The number of hydrogen-bond acceptors (Lipinski definition) is 4. The lowest BCUT2D eigenvalue weighted by molar-refractivity contribution is -0.143. The maximum Gasteiger partial charge on any atom is 0.307 e. The summed E-state index contributed by atoms with van der Waals surface area (Å²) in [5, 5.41) is 8.96. The summed E-state index contributed by atoms with van der Waals surface area (Å²) in [6.45, 7) is 1.66. The van der Waals surface area contributed by atoms with Crippen LogP contribution in [0.5, 0.6) is 0 Å². The van der Waals surface area contributed by atoms with E-state index in [-0.39, 0.29) is 19.0 Å². The summed E-state index contributed by atoms with van der Waals surface area (Å²) in [4.78, 5) is 23.9. The Morgan fingerprint density at radius 3 is 2.50 bits per heavy atom. The van der Waals surface area contributed by atoms with E-state index in [1.807, 2.05) is 0 Å². The predicted octanol–water partition coefficient (Wildman–Crippen LogP) is -0.906. The minimum Gasteiger partial charge on any atom is -0.481 e. The number of amides is 1. The van der Waals surface area contributed by atoms with Crippen molar-refractivity contribution < 1.29 is 23.1 Å². The first-order valence-electron chi connectivity index (χ1n) is 6.36. The maximum absolute atomic E-state index is 12.1. The summed E-state index contributed by atoms with van der Waals surface area (Å²) in [7, 11) is -0.783. The molecule has 0 spiro atoms. The van der Waals surface area contributed by atoms with E-state index < -0.39 is 28.1 Å². The number of aliphatic carboxylic acids is 1. The molecule has 0 bridgehead atoms. The molecule has 8 nitrogen and oxygen atoms in total. The van der Waals surface area contributed by atoms with Gasteiger partial charge >= 0.3 is 5.97 Å². The van der Waals surface area contributed by atoms with Gasteiger partial charge in [-0.2, -0.15) is 17.4 Å². The fourth-order valence-corrected chi connectivity index (χ4v) is 3.54. The van der Waals surface area contributed by atoms with E-state index in [0.29, 0.717) is 12.8 Å². The van der Waals surface area contributed by atoms with Crippen LogP contribution in [0, 0.1) is 5.92 Å². The van der Waals surface area contributed by atoms with Gasteiger partial charge in [-0.15, -0.1) is 0 Å². The fourth-order valence-electron chi connectivity index (χ4n) is 2.10. The summed E-state index contributed by atoms with van der Waals surface area (Å²) in [6.07, 6.45) is 0.960. The van der Waals surface area contributed by atoms with Crippen molar-refractivity contribution in [2.45, 2.75) is 25.8 Å². The van der Waals surface area contributed by atoms with Crippen LogP contribution < -0.4 is 4.72 Å². The van der Waals surface area contributed by atoms with Crippen LogP contribution in [0.25, 0.3) is 0 Å². The summed E-state index contributed by atoms with van der Waals surface area (Å²) in [6, 6.07) is -0.889. The monoisotopic (exact) mass is 307 g/mol. The lowest BCUT2D eigenvalue weighted by Gasteiger charge is -2.31. The number of piperidine rings is 1. The molecule has 1 saturated heterocycles. The topological polar surface area (TPSA) is 107 Å². The fraction of sp³-hybridized carbons (Fsp3) is 0.818. The SMILES string of the molecule is CC(NS(=O)(=O)N1CCCC(C(=O)O)C1)C(=O)N(C)C. The van der Waals surface area contributed by atoms with Gasteiger partial charge in [0, 0.05) is 27.2 Å². The molecular weight excluding hydrogens is 286 g/mol. The van der Waals surface area contributed by atoms with Gasteiger partial charge < -0.3 is 10.0 Å². The molecule has 9 heteroatoms. The number of likely N-dealkylation sites (N-methyl/N-ethyl adjacent to an activating group) is 1. The normalized spacial score (nSPS) is 22.2. The summed E-state index contributed by atoms with van der Waals surface area (Å²) < 4.78 is 27.7. The lowest BCUT2D eigenvalue weighted by atomic mass is 10.0. The number of rotatable bonds is 5. The zero-order chi connectivity index (χ0) is 15.5. The van der Waals surface area contributed by atoms with E-state index in [2.05, 4.69) is 4.72 Å². The van der Waals surface area contributed by atoms with Gasteiger partial charge in [0.15, 0.2) is 0 Å². The molecule has 0 aromatic carbocycles. The minimum atomic E-state index is -3.86. The van der Waals surface area contributed by atoms with Crippen LogP contribution in [0.4, 0.5) is 0 Å². The molecule has 2 N–H and O–H groups in total. The maximum atomic E-state index is 12.1. The van der Waals surface area contributed by atoms with Gasteiger partial charge in [0.25, 0.3) is 10.2 Å². The number of nitrogens with one attached hydrogen (secondary N) is 1. The van der Waals surface area contributed by atoms with Crippen molar-refractivity contribution in [3.05, 3.63) is 0 Å². The molecule has 1 aliphatic rings. The van der Waals surface area contributed by atoms with Crippen LogP contribution in [-0.2, 0) is 19.8 Å². The molecule has 0 aromatic rings. The second-order valence-electron chi connectivity index (χ2n) is 5.11. The van der Waals surface area contributed by atoms with Crippen molar-refractivity contribution in [3.8, 4) is 0 Å². The largest absolute Gasteiger partial charge is 0.481 e. The Balaban J connectivity index is 2.73. The molecule has 0 saturated carbocycles. The Labute approximate surface area is 118 Å². The van der Waals surface area contributed by atoms with Crippen molar-refractivity contribution in [1.82, 2.24) is 13.9 Å². The molecule has 1 aliphatic heterocycles. The number of carboxylic acid groups (broad SMARTS) is 1. The second-order valence-corrected chi connectivity index (χ2v) is 6.81. The average molecular weight is 307 g/mol. The Kier molecular flexibility index (Phi) is 5.49. The Bertz CT molecular complexity index is 476. The Morgan fingerprint density at radius 2 is 2.00 bits per heavy atom. The van der Waals surface area contributed by atoms with Gasteiger partial charge in [-0.25, -0.2) is 0 Å². The van der Waals surface area contributed by atoms with Crippen LogP contribution in [-0.4, -0.2) is 67.8 Å². The van der Waals surface area contributed by atoms with Gasteiger partial charge in [-0.1, -0.05) is 0 Å². The van der Waals surface area contributed by atoms with Gasteiger partial charge in [0.05, 0.1) is 12.0 Å². The van der Waals surface area contributed by atoms with Gasteiger partial charge in [0.2, 0.25) is 5.91 Å². The molecular formula is C11H21N3O5S. The van der Waals surface area contributed by atoms with E-state index in [9.17, 15) is 18.0 Å². The standard InChI is InChI=1S/C11H21N3O5S/c1-8(10(15)13(2)3)12-20(18,19)14-6-4-5-9(7-14)11(16)17/h8-9,12H,4-7H2,1-3H3,(H,16,17). The molecule has 0 aliphatic carbocycles. The molecule has 0 aromatic heterocycles. The molecule has 0 radical (unpaired) electrons. The van der Waals surface area contributed by atoms with Crippen LogP contribution in [0.3, 0.4) is 0 Å². The molecule has 2 atom stereocenters. The smallest absolute Gasteiger partial charge is 0.307 e. The second kappa shape index (κ2) is 6.51. The van der Waals surface area contributed by atoms with Crippen molar-refractivity contribution in [3.63, 3.8) is 0 Å². The summed E-state index contributed by atoms with van der Waals surface area (Å²) in [5.41, 5.74) is 0. The summed E-state index contributed by atoms with van der Waals surface area (Å²) in [5.74, 6) is -2.05. The van der Waals surface area contributed by atoms with Crippen molar-refractivity contribution in [1.29, 1.82) is 0 Å². The average Bonchev–Trinajstić information content (AvgIpc) is 2.37. The van der Waals surface area contributed by atoms with Gasteiger partial charge in [-0.3, -0.25) is 9.59 Å². The lowest BCUT2D eigenvalue weighted by Crippen LogP contribution is -2.52. The first-order valence-corrected chi connectivity index (χ1v) is 7.80. The van der Waals surface area contributed by atoms with Crippen molar-refractivity contribution >= 4 is 22.1 Å². The summed E-state index contributed by atoms with van der Waals surface area (Å²) >= 11 is 0. The first kappa shape index (κ1) is 16.9. The number of carbonyl (C=O) groups is 2. The quantitative estimate of drug-likeness (QED) is 0.684. The Morgan fingerprint density at radius 1 is 1.40 bits per heavy atom. The molecule has 20 heavy (non-hydrogen) atoms. The van der Waals surface area contributed by atoms with Gasteiger partial charge in [-0.05, 0) is 19.8 Å². The molecule has 116 valence electrons. The third-order valence-corrected chi connectivity index (χ3v) is 4.87. The van der Waals surface area contributed by atoms with E-state index >= 15 is 0 Å². The predicted molar refractivity (Wildman–Crippen MR) is 72.1 cm³/mol. The third-order valence-electron chi connectivity index (χ3n) is 3.21.